The molecule has 6 heteroatoms. The van der Waals surface area contributed by atoms with Gasteiger partial charge < -0.3 is 9.64 Å². The molecule has 0 spiro atoms. The molecule has 3 aromatic rings. The lowest BCUT2D eigenvalue weighted by Gasteiger charge is -2.29. The van der Waals surface area contributed by atoms with Gasteiger partial charge >= 0.3 is 0 Å². The lowest BCUT2D eigenvalue weighted by atomic mass is 9.99. The molecule has 0 radical (unpaired) electrons. The Morgan fingerprint density at radius 1 is 1.22 bits per heavy atom. The van der Waals surface area contributed by atoms with Crippen LogP contribution in [-0.4, -0.2) is 38.7 Å². The largest absolute Gasteiger partial charge is 0.494 e. The maximum atomic E-state index is 13.0. The summed E-state index contributed by atoms with van der Waals surface area (Å²) in [4.78, 5) is 19.4. The van der Waals surface area contributed by atoms with Crippen LogP contribution in [-0.2, 0) is 13.0 Å². The predicted molar refractivity (Wildman–Crippen MR) is 104 cm³/mol. The fourth-order valence-electron chi connectivity index (χ4n) is 3.58. The Hall–Kier alpha value is -2.89. The normalized spacial score (nSPS) is 13.9. The molecule has 0 unspecified atom stereocenters. The van der Waals surface area contributed by atoms with Crippen molar-refractivity contribution in [1.82, 2.24) is 19.7 Å². The van der Waals surface area contributed by atoms with Gasteiger partial charge in [-0.25, -0.2) is 9.67 Å². The van der Waals surface area contributed by atoms with Gasteiger partial charge in [0, 0.05) is 30.7 Å². The van der Waals surface area contributed by atoms with Gasteiger partial charge in [-0.3, -0.25) is 4.79 Å². The van der Waals surface area contributed by atoms with E-state index in [2.05, 4.69) is 30.0 Å². The number of pyridine rings is 1. The van der Waals surface area contributed by atoms with Crippen LogP contribution in [0.25, 0.3) is 11.0 Å². The number of hydrogen-bond donors (Lipinski definition) is 0. The molecule has 0 saturated heterocycles. The van der Waals surface area contributed by atoms with Crippen LogP contribution >= 0.6 is 0 Å². The summed E-state index contributed by atoms with van der Waals surface area (Å²) in [5.74, 6) is 0.865. The van der Waals surface area contributed by atoms with Crippen molar-refractivity contribution < 1.29 is 9.53 Å². The third-order valence-electron chi connectivity index (χ3n) is 4.96. The van der Waals surface area contributed by atoms with Gasteiger partial charge in [0.05, 0.1) is 18.4 Å². The van der Waals surface area contributed by atoms with E-state index in [1.165, 1.54) is 5.56 Å². The lowest BCUT2D eigenvalue weighted by molar-refractivity contribution is 0.0734. The standard InChI is InChI=1S/C21H24N4O2/c1-4-27-19-6-5-15-7-8-24(13-18(15)10-19)21(26)17-9-16-12-23-25(14(2)3)20(16)22-11-17/h5-6,9-12,14H,4,7-8,13H2,1-3H3. The van der Waals surface area contributed by atoms with E-state index in [0.717, 1.165) is 28.8 Å². The predicted octanol–water partition coefficient (Wildman–Crippen LogP) is 3.61. The van der Waals surface area contributed by atoms with Crippen LogP contribution in [0.15, 0.2) is 36.7 Å². The molecule has 2 aromatic heterocycles. The molecular weight excluding hydrogens is 340 g/mol. The molecule has 0 atom stereocenters. The van der Waals surface area contributed by atoms with Crippen LogP contribution in [0.3, 0.4) is 0 Å². The second-order valence-electron chi connectivity index (χ2n) is 7.16. The highest BCUT2D eigenvalue weighted by Crippen LogP contribution is 2.25. The molecule has 3 heterocycles. The van der Waals surface area contributed by atoms with Crippen molar-refractivity contribution in [1.29, 1.82) is 0 Å². The summed E-state index contributed by atoms with van der Waals surface area (Å²) in [6.45, 7) is 8.04. The molecule has 0 fully saturated rings. The van der Waals surface area contributed by atoms with Crippen LogP contribution < -0.4 is 4.74 Å². The lowest BCUT2D eigenvalue weighted by Crippen LogP contribution is -2.36. The number of hydrogen-bond acceptors (Lipinski definition) is 4. The number of carbonyl (C=O) groups is 1. The highest BCUT2D eigenvalue weighted by molar-refractivity contribution is 5.97. The number of amides is 1. The highest BCUT2D eigenvalue weighted by atomic mass is 16.5. The average Bonchev–Trinajstić information content (AvgIpc) is 3.10. The second kappa shape index (κ2) is 7.02. The van der Waals surface area contributed by atoms with Crippen molar-refractivity contribution in [2.75, 3.05) is 13.2 Å². The Labute approximate surface area is 158 Å². The molecule has 0 aliphatic carbocycles. The quantitative estimate of drug-likeness (QED) is 0.710. The van der Waals surface area contributed by atoms with Crippen LogP contribution in [0.1, 0.15) is 48.3 Å². The summed E-state index contributed by atoms with van der Waals surface area (Å²) in [6.07, 6.45) is 4.30. The molecule has 1 aliphatic heterocycles. The van der Waals surface area contributed by atoms with E-state index in [-0.39, 0.29) is 11.9 Å². The van der Waals surface area contributed by atoms with Gasteiger partial charge in [-0.2, -0.15) is 5.10 Å². The fraction of sp³-hybridized carbons (Fsp3) is 0.381. The first-order valence-electron chi connectivity index (χ1n) is 9.44. The van der Waals surface area contributed by atoms with Gasteiger partial charge in [-0.15, -0.1) is 0 Å². The zero-order valence-electron chi connectivity index (χ0n) is 16.0. The van der Waals surface area contributed by atoms with Crippen molar-refractivity contribution >= 4 is 16.9 Å². The average molecular weight is 364 g/mol. The van der Waals surface area contributed by atoms with E-state index < -0.39 is 0 Å². The molecule has 140 valence electrons. The van der Waals surface area contributed by atoms with E-state index in [0.29, 0.717) is 25.3 Å². The first kappa shape index (κ1) is 17.5. The smallest absolute Gasteiger partial charge is 0.255 e. The topological polar surface area (TPSA) is 60.2 Å². The summed E-state index contributed by atoms with van der Waals surface area (Å²) < 4.78 is 7.47. The van der Waals surface area contributed by atoms with Gasteiger partial charge in [0.2, 0.25) is 0 Å². The Kier molecular flexibility index (Phi) is 4.56. The second-order valence-corrected chi connectivity index (χ2v) is 7.16. The van der Waals surface area contributed by atoms with E-state index in [1.54, 1.807) is 12.4 Å². The summed E-state index contributed by atoms with van der Waals surface area (Å²) in [5, 5.41) is 5.27. The molecule has 1 aliphatic rings. The third-order valence-corrected chi connectivity index (χ3v) is 4.96. The summed E-state index contributed by atoms with van der Waals surface area (Å²) >= 11 is 0. The molecule has 0 saturated carbocycles. The van der Waals surface area contributed by atoms with Gasteiger partial charge in [0.25, 0.3) is 5.91 Å². The molecular formula is C21H24N4O2. The monoisotopic (exact) mass is 364 g/mol. The van der Waals surface area contributed by atoms with Gasteiger partial charge in [0.15, 0.2) is 5.65 Å². The van der Waals surface area contributed by atoms with Crippen molar-refractivity contribution in [3.63, 3.8) is 0 Å². The first-order valence-corrected chi connectivity index (χ1v) is 9.44. The number of rotatable bonds is 4. The Bertz CT molecular complexity index is 993. The Morgan fingerprint density at radius 2 is 2.07 bits per heavy atom. The Balaban J connectivity index is 1.58. The van der Waals surface area contributed by atoms with Crippen molar-refractivity contribution in [2.45, 2.75) is 39.8 Å². The first-order chi connectivity index (χ1) is 13.1. The van der Waals surface area contributed by atoms with E-state index in [1.807, 2.05) is 34.7 Å². The van der Waals surface area contributed by atoms with Crippen LogP contribution in [0, 0.1) is 0 Å². The Morgan fingerprint density at radius 3 is 2.85 bits per heavy atom. The summed E-state index contributed by atoms with van der Waals surface area (Å²) in [7, 11) is 0. The van der Waals surface area contributed by atoms with Crippen molar-refractivity contribution in [3.05, 3.63) is 53.3 Å². The molecule has 0 bridgehead atoms. The zero-order valence-corrected chi connectivity index (χ0v) is 16.0. The maximum absolute atomic E-state index is 13.0. The molecule has 6 nitrogen and oxygen atoms in total. The van der Waals surface area contributed by atoms with Crippen LogP contribution in [0.4, 0.5) is 0 Å². The SMILES string of the molecule is CCOc1ccc2c(c1)CN(C(=O)c1cnc3c(cnn3C(C)C)c1)CC2. The number of benzene rings is 1. The number of aromatic nitrogens is 3. The van der Waals surface area contributed by atoms with Crippen LogP contribution in [0.2, 0.25) is 0 Å². The fourth-order valence-corrected chi connectivity index (χ4v) is 3.58. The number of nitrogens with zero attached hydrogens (tertiary/aromatic N) is 4. The molecule has 4 rings (SSSR count). The molecule has 0 N–H and O–H groups in total. The molecule has 1 aromatic carbocycles. The highest BCUT2D eigenvalue weighted by Gasteiger charge is 2.23. The minimum Gasteiger partial charge on any atom is -0.494 e. The minimum absolute atomic E-state index is 0.00848. The van der Waals surface area contributed by atoms with E-state index in [9.17, 15) is 4.79 Å². The van der Waals surface area contributed by atoms with E-state index >= 15 is 0 Å². The third kappa shape index (κ3) is 3.27. The summed E-state index contributed by atoms with van der Waals surface area (Å²) in [5.41, 5.74) is 3.86. The molecule has 1 amide bonds. The van der Waals surface area contributed by atoms with Crippen LogP contribution in [0.5, 0.6) is 5.75 Å². The van der Waals surface area contributed by atoms with Gasteiger partial charge in [-0.05, 0) is 56.5 Å². The number of fused-ring (bicyclic) bond motifs is 2. The number of ether oxygens (including phenoxy) is 1. The minimum atomic E-state index is 0.00848. The van der Waals surface area contributed by atoms with E-state index in [4.69, 9.17) is 4.74 Å². The number of carbonyl (C=O) groups excluding carboxylic acids is 1. The summed E-state index contributed by atoms with van der Waals surface area (Å²) in [6, 6.07) is 8.28. The zero-order chi connectivity index (χ0) is 19.0. The van der Waals surface area contributed by atoms with Gasteiger partial charge in [0.1, 0.15) is 5.75 Å². The maximum Gasteiger partial charge on any atom is 0.255 e. The van der Waals surface area contributed by atoms with Gasteiger partial charge in [-0.1, -0.05) is 6.07 Å². The van der Waals surface area contributed by atoms with Crippen molar-refractivity contribution in [2.24, 2.45) is 0 Å². The van der Waals surface area contributed by atoms with Crippen molar-refractivity contribution in [3.8, 4) is 5.75 Å². The molecule has 27 heavy (non-hydrogen) atoms.